The van der Waals surface area contributed by atoms with Gasteiger partial charge in [0, 0.05) is 24.3 Å². The first-order chi connectivity index (χ1) is 16.3. The molecule has 0 spiro atoms. The van der Waals surface area contributed by atoms with Crippen molar-refractivity contribution in [3.05, 3.63) is 59.0 Å². The minimum Gasteiger partial charge on any atom is -0.493 e. The maximum Gasteiger partial charge on any atom is 0.323 e. The quantitative estimate of drug-likeness (QED) is 0.389. The Hall–Kier alpha value is -3.24. The molecule has 180 valence electrons. The van der Waals surface area contributed by atoms with Crippen LogP contribution in [0.1, 0.15) is 19.3 Å². The third kappa shape index (κ3) is 5.28. The number of rotatable bonds is 7. The van der Waals surface area contributed by atoms with Gasteiger partial charge in [0.05, 0.1) is 29.2 Å². The zero-order valence-electron chi connectivity index (χ0n) is 18.3. The molecule has 34 heavy (non-hydrogen) atoms. The molecule has 0 saturated carbocycles. The first-order valence-corrected chi connectivity index (χ1v) is 11.1. The molecule has 2 amide bonds. The van der Waals surface area contributed by atoms with Gasteiger partial charge in [-0.2, -0.15) is 5.10 Å². The maximum atomic E-state index is 13.9. The van der Waals surface area contributed by atoms with Crippen LogP contribution in [0.4, 0.5) is 29.3 Å². The molecule has 0 aliphatic carbocycles. The summed E-state index contributed by atoms with van der Waals surface area (Å²) < 4.78 is 48.1. The standard InChI is InChI=1S/C23H23ClF3N5O2/c1-32-22(16(24)12-29-32)15-11-14(4-7-19(15)34-10-8-13-3-2-9-28-13)30-23(33)31-18-6-5-17(25)20(26)21(18)27/h4-7,11-13,28H,2-3,8-10H2,1H3,(H2,30,31,33). The van der Waals surface area contributed by atoms with Gasteiger partial charge in [-0.15, -0.1) is 0 Å². The number of halogens is 4. The van der Waals surface area contributed by atoms with Crippen molar-refractivity contribution in [1.82, 2.24) is 15.1 Å². The minimum absolute atomic E-state index is 0.345. The summed E-state index contributed by atoms with van der Waals surface area (Å²) in [5.74, 6) is -3.94. The van der Waals surface area contributed by atoms with Crippen LogP contribution in [0.25, 0.3) is 11.3 Å². The average molecular weight is 494 g/mol. The number of amides is 2. The predicted octanol–water partition coefficient (Wildman–Crippen LogP) is 5.32. The fourth-order valence-electron chi connectivity index (χ4n) is 3.85. The highest BCUT2D eigenvalue weighted by molar-refractivity contribution is 6.33. The molecule has 2 heterocycles. The molecule has 11 heteroatoms. The number of ether oxygens (including phenoxy) is 1. The van der Waals surface area contributed by atoms with E-state index in [1.807, 2.05) is 0 Å². The largest absolute Gasteiger partial charge is 0.493 e. The van der Waals surface area contributed by atoms with Gasteiger partial charge in [-0.25, -0.2) is 18.0 Å². The number of nitrogens with one attached hydrogen (secondary N) is 3. The average Bonchev–Trinajstić information content (AvgIpc) is 3.44. The number of anilines is 2. The lowest BCUT2D eigenvalue weighted by atomic mass is 10.1. The first-order valence-electron chi connectivity index (χ1n) is 10.7. The van der Waals surface area contributed by atoms with Crippen LogP contribution in [-0.2, 0) is 7.05 Å². The third-order valence-corrected chi connectivity index (χ3v) is 5.83. The Morgan fingerprint density at radius 1 is 1.24 bits per heavy atom. The molecule has 1 fully saturated rings. The van der Waals surface area contributed by atoms with Crippen LogP contribution in [0.5, 0.6) is 5.75 Å². The Morgan fingerprint density at radius 2 is 2.06 bits per heavy atom. The molecule has 0 bridgehead atoms. The van der Waals surface area contributed by atoms with Gasteiger partial charge in [-0.1, -0.05) is 11.6 Å². The molecule has 1 atom stereocenters. The SMILES string of the molecule is Cn1ncc(Cl)c1-c1cc(NC(=O)Nc2ccc(F)c(F)c2F)ccc1OCCC1CCCN1. The van der Waals surface area contributed by atoms with Crippen LogP contribution in [0, 0.1) is 17.5 Å². The van der Waals surface area contributed by atoms with E-state index in [1.54, 1.807) is 29.9 Å². The second-order valence-electron chi connectivity index (χ2n) is 7.91. The van der Waals surface area contributed by atoms with Crippen molar-refractivity contribution in [3.8, 4) is 17.0 Å². The van der Waals surface area contributed by atoms with E-state index < -0.39 is 29.2 Å². The molecule has 0 radical (unpaired) electrons. The molecule has 1 aromatic heterocycles. The predicted molar refractivity (Wildman–Crippen MR) is 124 cm³/mol. The molecule has 1 saturated heterocycles. The number of carbonyl (C=O) groups is 1. The smallest absolute Gasteiger partial charge is 0.323 e. The molecular weight excluding hydrogens is 471 g/mol. The number of benzene rings is 2. The Bertz CT molecular complexity index is 1180. The maximum absolute atomic E-state index is 13.9. The summed E-state index contributed by atoms with van der Waals surface area (Å²) in [7, 11) is 1.73. The molecule has 7 nitrogen and oxygen atoms in total. The zero-order valence-corrected chi connectivity index (χ0v) is 19.1. The van der Waals surface area contributed by atoms with Crippen LogP contribution in [0.2, 0.25) is 5.02 Å². The van der Waals surface area contributed by atoms with Crippen LogP contribution in [0.3, 0.4) is 0 Å². The van der Waals surface area contributed by atoms with Crippen molar-refractivity contribution in [1.29, 1.82) is 0 Å². The van der Waals surface area contributed by atoms with Crippen molar-refractivity contribution in [3.63, 3.8) is 0 Å². The van der Waals surface area contributed by atoms with Crippen LogP contribution in [-0.4, -0.2) is 35.0 Å². The number of nitrogens with zero attached hydrogens (tertiary/aromatic N) is 2. The van der Waals surface area contributed by atoms with Gasteiger partial charge < -0.3 is 20.7 Å². The minimum atomic E-state index is -1.67. The topological polar surface area (TPSA) is 80.2 Å². The van der Waals surface area contributed by atoms with E-state index in [9.17, 15) is 18.0 Å². The van der Waals surface area contributed by atoms with Gasteiger partial charge in [0.2, 0.25) is 0 Å². The lowest BCUT2D eigenvalue weighted by Gasteiger charge is -2.16. The van der Waals surface area contributed by atoms with Crippen LogP contribution >= 0.6 is 11.6 Å². The monoisotopic (exact) mass is 493 g/mol. The van der Waals surface area contributed by atoms with E-state index in [0.29, 0.717) is 40.4 Å². The summed E-state index contributed by atoms with van der Waals surface area (Å²) >= 11 is 6.34. The summed E-state index contributed by atoms with van der Waals surface area (Å²) in [6.45, 7) is 1.50. The van der Waals surface area contributed by atoms with Crippen molar-refractivity contribution in [2.45, 2.75) is 25.3 Å². The van der Waals surface area contributed by atoms with Gasteiger partial charge in [0.1, 0.15) is 5.75 Å². The Morgan fingerprint density at radius 3 is 2.76 bits per heavy atom. The van der Waals surface area contributed by atoms with Gasteiger partial charge >= 0.3 is 6.03 Å². The summed E-state index contributed by atoms with van der Waals surface area (Å²) in [5.41, 5.74) is 1.04. The first kappa shape index (κ1) is 23.9. The van der Waals surface area contributed by atoms with E-state index in [-0.39, 0.29) is 0 Å². The second kappa shape index (κ2) is 10.4. The molecular formula is C23H23ClF3N5O2. The number of carbonyl (C=O) groups excluding carboxylic acids is 1. The molecule has 3 aromatic rings. The molecule has 4 rings (SSSR count). The summed E-state index contributed by atoms with van der Waals surface area (Å²) in [6, 6.07) is 6.19. The van der Waals surface area contributed by atoms with Crippen molar-refractivity contribution in [2.75, 3.05) is 23.8 Å². The molecule has 2 aromatic carbocycles. The lowest BCUT2D eigenvalue weighted by molar-refractivity contribution is 0.262. The van der Waals surface area contributed by atoms with Crippen LogP contribution < -0.4 is 20.7 Å². The van der Waals surface area contributed by atoms with Gasteiger partial charge in [0.25, 0.3) is 0 Å². The summed E-state index contributed by atoms with van der Waals surface area (Å²) in [4.78, 5) is 12.4. The number of hydrogen-bond acceptors (Lipinski definition) is 4. The molecule has 1 aliphatic rings. The van der Waals surface area contributed by atoms with Gasteiger partial charge in [-0.05, 0) is 56.1 Å². The number of aryl methyl sites for hydroxylation is 1. The highest BCUT2D eigenvalue weighted by atomic mass is 35.5. The number of hydrogen-bond donors (Lipinski definition) is 3. The van der Waals surface area contributed by atoms with E-state index in [1.165, 1.54) is 6.20 Å². The highest BCUT2D eigenvalue weighted by Crippen LogP contribution is 2.37. The third-order valence-electron chi connectivity index (χ3n) is 5.56. The van der Waals surface area contributed by atoms with Crippen molar-refractivity contribution >= 4 is 29.0 Å². The number of urea groups is 1. The molecule has 1 unspecified atom stereocenters. The summed E-state index contributed by atoms with van der Waals surface area (Å²) in [6.07, 6.45) is 4.61. The van der Waals surface area contributed by atoms with E-state index in [2.05, 4.69) is 21.0 Å². The fraction of sp³-hybridized carbons (Fsp3) is 0.304. The Labute approximate surface area is 199 Å². The fourth-order valence-corrected chi connectivity index (χ4v) is 4.12. The normalized spacial score (nSPS) is 15.4. The second-order valence-corrected chi connectivity index (χ2v) is 8.32. The van der Waals surface area contributed by atoms with Gasteiger partial charge in [0.15, 0.2) is 17.5 Å². The van der Waals surface area contributed by atoms with E-state index >= 15 is 0 Å². The Balaban J connectivity index is 1.53. The van der Waals surface area contributed by atoms with Crippen molar-refractivity contribution in [2.24, 2.45) is 7.05 Å². The lowest BCUT2D eigenvalue weighted by Crippen LogP contribution is -2.23. The Kier molecular flexibility index (Phi) is 7.28. The molecule has 3 N–H and O–H groups in total. The summed E-state index contributed by atoms with van der Waals surface area (Å²) in [5, 5.41) is 12.7. The zero-order chi connectivity index (χ0) is 24.2. The van der Waals surface area contributed by atoms with Crippen molar-refractivity contribution < 1.29 is 22.7 Å². The molecule has 1 aliphatic heterocycles. The number of aromatic nitrogens is 2. The van der Waals surface area contributed by atoms with Crippen LogP contribution in [0.15, 0.2) is 36.5 Å². The van der Waals surface area contributed by atoms with E-state index in [0.717, 1.165) is 37.9 Å². The highest BCUT2D eigenvalue weighted by Gasteiger charge is 2.19. The van der Waals surface area contributed by atoms with Gasteiger partial charge in [-0.3, -0.25) is 4.68 Å². The van der Waals surface area contributed by atoms with E-state index in [4.69, 9.17) is 16.3 Å².